The predicted molar refractivity (Wildman–Crippen MR) is 64.9 cm³/mol. The van der Waals surface area contributed by atoms with Crippen molar-refractivity contribution in [2.24, 2.45) is 0 Å². The van der Waals surface area contributed by atoms with Gasteiger partial charge in [0.15, 0.2) is 0 Å². The van der Waals surface area contributed by atoms with Crippen molar-refractivity contribution in [1.29, 1.82) is 0 Å². The van der Waals surface area contributed by atoms with Gasteiger partial charge in [0.05, 0.1) is 12.2 Å². The topological polar surface area (TPSA) is 41.5 Å². The van der Waals surface area contributed by atoms with E-state index >= 15 is 0 Å². The molecule has 0 aliphatic carbocycles. The number of nitrogens with one attached hydrogen (secondary N) is 1. The van der Waals surface area contributed by atoms with E-state index in [0.717, 1.165) is 28.8 Å². The Kier molecular flexibility index (Phi) is 2.46. The van der Waals surface area contributed by atoms with Gasteiger partial charge in [-0.25, -0.2) is 0 Å². The Morgan fingerprint density at radius 2 is 2.25 bits per heavy atom. The third-order valence-electron chi connectivity index (χ3n) is 3.25. The molecule has 1 aromatic carbocycles. The second kappa shape index (κ2) is 3.72. The van der Waals surface area contributed by atoms with E-state index < -0.39 is 5.60 Å². The summed E-state index contributed by atoms with van der Waals surface area (Å²) in [7, 11) is 0. The van der Waals surface area contributed by atoms with Gasteiger partial charge >= 0.3 is 0 Å². The van der Waals surface area contributed by atoms with E-state index in [1.54, 1.807) is 0 Å². The molecule has 1 fully saturated rings. The van der Waals surface area contributed by atoms with Gasteiger partial charge in [-0.05, 0) is 23.3 Å². The number of benzene rings is 1. The van der Waals surface area contributed by atoms with Crippen molar-refractivity contribution in [3.8, 4) is 5.75 Å². The molecule has 1 aromatic rings. The fourth-order valence-electron chi connectivity index (χ4n) is 2.37. The van der Waals surface area contributed by atoms with Crippen LogP contribution in [-0.4, -0.2) is 30.4 Å². The first-order chi connectivity index (χ1) is 7.66. The normalized spacial score (nSPS) is 21.1. The minimum atomic E-state index is -0.583. The molecular weight excluding hydrogens is 270 g/mol. The molecule has 0 unspecified atom stereocenters. The Bertz CT molecular complexity index is 429. The quantitative estimate of drug-likeness (QED) is 0.859. The third-order valence-corrected chi connectivity index (χ3v) is 3.71. The lowest BCUT2D eigenvalue weighted by Crippen LogP contribution is -2.60. The maximum Gasteiger partial charge on any atom is 0.125 e. The Balaban J connectivity index is 1.94. The van der Waals surface area contributed by atoms with Crippen molar-refractivity contribution in [3.05, 3.63) is 27.7 Å². The molecule has 2 aliphatic heterocycles. The summed E-state index contributed by atoms with van der Waals surface area (Å²) in [4.78, 5) is 0. The average Bonchev–Trinajstić information content (AvgIpc) is 2.63. The van der Waals surface area contributed by atoms with Gasteiger partial charge in [-0.15, -0.1) is 0 Å². The van der Waals surface area contributed by atoms with Gasteiger partial charge in [-0.1, -0.05) is 15.9 Å². The summed E-state index contributed by atoms with van der Waals surface area (Å²) in [6, 6.07) is 4.16. The first kappa shape index (κ1) is 10.6. The van der Waals surface area contributed by atoms with Crippen LogP contribution in [0.25, 0.3) is 0 Å². The summed E-state index contributed by atoms with van der Waals surface area (Å²) >= 11 is 3.51. The molecule has 2 N–H and O–H groups in total. The van der Waals surface area contributed by atoms with Crippen LogP contribution in [0.1, 0.15) is 11.1 Å². The standard InChI is InChI=1S/C12H14BrNO2/c13-10-3-8-1-2-16-11(8)9(4-10)5-12(15)6-14-7-12/h3-4,14-15H,1-2,5-7H2. The number of hydrogen-bond acceptors (Lipinski definition) is 3. The zero-order valence-electron chi connectivity index (χ0n) is 8.92. The second-order valence-electron chi connectivity index (χ2n) is 4.66. The highest BCUT2D eigenvalue weighted by atomic mass is 79.9. The molecule has 3 rings (SSSR count). The summed E-state index contributed by atoms with van der Waals surface area (Å²) in [5.74, 6) is 0.989. The van der Waals surface area contributed by atoms with Crippen LogP contribution in [0, 0.1) is 0 Å². The SMILES string of the molecule is OC1(Cc2cc(Br)cc3c2OCC3)CNC1. The minimum Gasteiger partial charge on any atom is -0.493 e. The van der Waals surface area contributed by atoms with E-state index in [2.05, 4.69) is 33.4 Å². The number of ether oxygens (including phenoxy) is 1. The molecule has 3 nitrogen and oxygen atoms in total. The largest absolute Gasteiger partial charge is 0.493 e. The highest BCUT2D eigenvalue weighted by molar-refractivity contribution is 9.10. The van der Waals surface area contributed by atoms with Crippen LogP contribution in [0.2, 0.25) is 0 Å². The van der Waals surface area contributed by atoms with E-state index in [-0.39, 0.29) is 0 Å². The molecule has 2 aliphatic rings. The van der Waals surface area contributed by atoms with Crippen LogP contribution in [0.5, 0.6) is 5.75 Å². The summed E-state index contributed by atoms with van der Waals surface area (Å²) in [5, 5.41) is 13.3. The highest BCUT2D eigenvalue weighted by Crippen LogP contribution is 2.35. The summed E-state index contributed by atoms with van der Waals surface area (Å²) in [6.07, 6.45) is 1.64. The summed E-state index contributed by atoms with van der Waals surface area (Å²) < 4.78 is 6.72. The maximum absolute atomic E-state index is 10.2. The third kappa shape index (κ3) is 1.75. The first-order valence-corrected chi connectivity index (χ1v) is 6.33. The van der Waals surface area contributed by atoms with Crippen molar-refractivity contribution in [1.82, 2.24) is 5.32 Å². The minimum absolute atomic E-state index is 0.583. The molecular formula is C12H14BrNO2. The zero-order valence-corrected chi connectivity index (χ0v) is 10.5. The van der Waals surface area contributed by atoms with Crippen LogP contribution in [0.15, 0.2) is 16.6 Å². The number of fused-ring (bicyclic) bond motifs is 1. The van der Waals surface area contributed by atoms with E-state index in [4.69, 9.17) is 4.74 Å². The number of β-amino-alcohol motifs (C(OH)–C–C–N with tert-alkyl or cyclic N) is 1. The average molecular weight is 284 g/mol. The first-order valence-electron chi connectivity index (χ1n) is 5.53. The Morgan fingerprint density at radius 3 is 2.94 bits per heavy atom. The van der Waals surface area contributed by atoms with Gasteiger partial charge in [0.2, 0.25) is 0 Å². The van der Waals surface area contributed by atoms with Gasteiger partial charge in [0, 0.05) is 30.4 Å². The van der Waals surface area contributed by atoms with E-state index in [1.807, 2.05) is 0 Å². The number of rotatable bonds is 2. The van der Waals surface area contributed by atoms with Gasteiger partial charge in [-0.2, -0.15) is 0 Å². The Labute approximate surface area is 103 Å². The molecule has 0 bridgehead atoms. The van der Waals surface area contributed by atoms with Gasteiger partial charge < -0.3 is 15.2 Å². The van der Waals surface area contributed by atoms with Crippen LogP contribution in [0.4, 0.5) is 0 Å². The molecule has 0 radical (unpaired) electrons. The fraction of sp³-hybridized carbons (Fsp3) is 0.500. The van der Waals surface area contributed by atoms with Gasteiger partial charge in [-0.3, -0.25) is 0 Å². The molecule has 1 saturated heterocycles. The highest BCUT2D eigenvalue weighted by Gasteiger charge is 2.35. The van der Waals surface area contributed by atoms with Crippen molar-refractivity contribution < 1.29 is 9.84 Å². The van der Waals surface area contributed by atoms with Crippen LogP contribution >= 0.6 is 15.9 Å². The molecule has 0 amide bonds. The van der Waals surface area contributed by atoms with E-state index in [0.29, 0.717) is 19.5 Å². The molecule has 0 atom stereocenters. The van der Waals surface area contributed by atoms with Crippen LogP contribution < -0.4 is 10.1 Å². The van der Waals surface area contributed by atoms with Gasteiger partial charge in [0.1, 0.15) is 5.75 Å². The van der Waals surface area contributed by atoms with Gasteiger partial charge in [0.25, 0.3) is 0 Å². The number of halogens is 1. The lowest BCUT2D eigenvalue weighted by molar-refractivity contribution is -0.00944. The second-order valence-corrected chi connectivity index (χ2v) is 5.57. The van der Waals surface area contributed by atoms with E-state index in [1.165, 1.54) is 5.56 Å². The molecule has 2 heterocycles. The Hall–Kier alpha value is -0.580. The van der Waals surface area contributed by atoms with Crippen molar-refractivity contribution in [2.75, 3.05) is 19.7 Å². The molecule has 0 spiro atoms. The number of hydrogen-bond donors (Lipinski definition) is 2. The van der Waals surface area contributed by atoms with Crippen LogP contribution in [0.3, 0.4) is 0 Å². The molecule has 16 heavy (non-hydrogen) atoms. The molecule has 0 aromatic heterocycles. The molecule has 86 valence electrons. The number of aliphatic hydroxyl groups is 1. The molecule has 4 heteroatoms. The lowest BCUT2D eigenvalue weighted by Gasteiger charge is -2.38. The lowest BCUT2D eigenvalue weighted by atomic mass is 9.88. The smallest absolute Gasteiger partial charge is 0.125 e. The van der Waals surface area contributed by atoms with Crippen LogP contribution in [-0.2, 0) is 12.8 Å². The van der Waals surface area contributed by atoms with Crippen molar-refractivity contribution in [2.45, 2.75) is 18.4 Å². The van der Waals surface area contributed by atoms with Crippen molar-refractivity contribution >= 4 is 15.9 Å². The van der Waals surface area contributed by atoms with E-state index in [9.17, 15) is 5.11 Å². The Morgan fingerprint density at radius 1 is 1.44 bits per heavy atom. The monoisotopic (exact) mass is 283 g/mol. The zero-order chi connectivity index (χ0) is 11.2. The summed E-state index contributed by atoms with van der Waals surface area (Å²) in [6.45, 7) is 2.11. The fourth-order valence-corrected chi connectivity index (χ4v) is 2.92. The summed E-state index contributed by atoms with van der Waals surface area (Å²) in [5.41, 5.74) is 1.78. The molecule has 0 saturated carbocycles. The predicted octanol–water partition coefficient (Wildman–Crippen LogP) is 1.26. The maximum atomic E-state index is 10.2. The van der Waals surface area contributed by atoms with Crippen molar-refractivity contribution in [3.63, 3.8) is 0 Å².